The number of nitrogens with one attached hydrogen (secondary N) is 1. The molecular formula is C23H30ClN3O. The third kappa shape index (κ3) is 4.68. The molecule has 4 nitrogen and oxygen atoms in total. The summed E-state index contributed by atoms with van der Waals surface area (Å²) in [5, 5.41) is 6.55. The maximum absolute atomic E-state index is 6.22. The lowest BCUT2D eigenvalue weighted by molar-refractivity contribution is 0.221. The van der Waals surface area contributed by atoms with E-state index in [1.54, 1.807) is 7.11 Å². The van der Waals surface area contributed by atoms with Crippen LogP contribution in [0.5, 0.6) is 5.75 Å². The number of ether oxygens (including phenoxy) is 1. The highest BCUT2D eigenvalue weighted by atomic mass is 35.5. The monoisotopic (exact) mass is 399 g/mol. The first-order valence-corrected chi connectivity index (χ1v) is 10.2. The Morgan fingerprint density at radius 3 is 2.61 bits per heavy atom. The first-order chi connectivity index (χ1) is 13.3. The molecule has 3 rings (SSSR count). The van der Waals surface area contributed by atoms with E-state index < -0.39 is 0 Å². The predicted molar refractivity (Wildman–Crippen MR) is 121 cm³/mol. The molecule has 0 bridgehead atoms. The van der Waals surface area contributed by atoms with Crippen molar-refractivity contribution in [3.63, 3.8) is 0 Å². The Hall–Kier alpha value is -2.04. The lowest BCUT2D eigenvalue weighted by atomic mass is 9.92. The molecule has 0 saturated carbocycles. The summed E-state index contributed by atoms with van der Waals surface area (Å²) >= 11 is 6.22. The average Bonchev–Trinajstić information content (AvgIpc) is 2.64. The number of methoxy groups -OCH3 is 1. The van der Waals surface area contributed by atoms with E-state index in [4.69, 9.17) is 21.3 Å². The molecule has 0 aliphatic carbocycles. The number of pyridine rings is 1. The third-order valence-corrected chi connectivity index (χ3v) is 5.23. The van der Waals surface area contributed by atoms with Gasteiger partial charge in [0.1, 0.15) is 5.75 Å². The zero-order valence-corrected chi connectivity index (χ0v) is 18.2. The first-order valence-electron chi connectivity index (χ1n) is 9.82. The summed E-state index contributed by atoms with van der Waals surface area (Å²) < 4.78 is 5.45. The topological polar surface area (TPSA) is 37.4 Å². The third-order valence-electron chi connectivity index (χ3n) is 4.99. The number of aromatic nitrogens is 1. The Kier molecular flexibility index (Phi) is 6.31. The minimum Gasteiger partial charge on any atom is -0.497 e. The highest BCUT2D eigenvalue weighted by Crippen LogP contribution is 2.35. The number of fused-ring (bicyclic) bond motifs is 2. The molecule has 150 valence electrons. The maximum atomic E-state index is 6.22. The fourth-order valence-electron chi connectivity index (χ4n) is 3.79. The minimum atomic E-state index is 0.122. The van der Waals surface area contributed by atoms with Gasteiger partial charge in [-0.25, -0.2) is 4.98 Å². The van der Waals surface area contributed by atoms with Crippen LogP contribution in [0.1, 0.15) is 27.2 Å². The van der Waals surface area contributed by atoms with Crippen LogP contribution in [-0.4, -0.2) is 43.7 Å². The molecular weight excluding hydrogens is 370 g/mol. The molecule has 28 heavy (non-hydrogen) atoms. The zero-order chi connectivity index (χ0) is 20.3. The molecule has 0 amide bonds. The minimum absolute atomic E-state index is 0.122. The first kappa shape index (κ1) is 20.7. The van der Waals surface area contributed by atoms with Crippen molar-refractivity contribution >= 4 is 39.1 Å². The largest absolute Gasteiger partial charge is 0.497 e. The Bertz CT molecular complexity index is 971. The summed E-state index contributed by atoms with van der Waals surface area (Å²) in [6.07, 6.45) is 1.17. The van der Waals surface area contributed by atoms with Gasteiger partial charge in [-0.15, -0.1) is 0 Å². The molecule has 0 unspecified atom stereocenters. The van der Waals surface area contributed by atoms with Crippen molar-refractivity contribution in [3.05, 3.63) is 41.4 Å². The summed E-state index contributed by atoms with van der Waals surface area (Å²) in [7, 11) is 3.88. The molecule has 0 fully saturated rings. The van der Waals surface area contributed by atoms with Crippen LogP contribution < -0.4 is 10.1 Å². The van der Waals surface area contributed by atoms with Crippen LogP contribution in [0.2, 0.25) is 5.02 Å². The predicted octanol–water partition coefficient (Wildman–Crippen LogP) is 5.83. The smallest absolute Gasteiger partial charge is 0.119 e. The van der Waals surface area contributed by atoms with Crippen LogP contribution in [0.4, 0.5) is 5.69 Å². The number of rotatable bonds is 8. The van der Waals surface area contributed by atoms with Crippen LogP contribution in [0.25, 0.3) is 21.8 Å². The maximum Gasteiger partial charge on any atom is 0.119 e. The fraction of sp³-hybridized carbons (Fsp3) is 0.435. The Labute approximate surface area is 172 Å². The summed E-state index contributed by atoms with van der Waals surface area (Å²) in [6, 6.07) is 11.9. The lowest BCUT2D eigenvalue weighted by Gasteiger charge is -2.31. The van der Waals surface area contributed by atoms with Crippen LogP contribution in [0.15, 0.2) is 36.4 Å². The van der Waals surface area contributed by atoms with Crippen LogP contribution in [-0.2, 0) is 0 Å². The second-order valence-electron chi connectivity index (χ2n) is 8.29. The van der Waals surface area contributed by atoms with Gasteiger partial charge >= 0.3 is 0 Å². The van der Waals surface area contributed by atoms with Gasteiger partial charge in [-0.05, 0) is 61.8 Å². The van der Waals surface area contributed by atoms with Crippen molar-refractivity contribution in [2.45, 2.75) is 27.2 Å². The van der Waals surface area contributed by atoms with E-state index in [0.29, 0.717) is 5.02 Å². The van der Waals surface area contributed by atoms with Gasteiger partial charge in [0.2, 0.25) is 0 Å². The Morgan fingerprint density at radius 1 is 1.11 bits per heavy atom. The highest BCUT2D eigenvalue weighted by molar-refractivity contribution is 6.31. The van der Waals surface area contributed by atoms with E-state index in [9.17, 15) is 0 Å². The number of benzene rings is 2. The molecule has 3 aromatic rings. The Morgan fingerprint density at radius 2 is 1.89 bits per heavy atom. The lowest BCUT2D eigenvalue weighted by Crippen LogP contribution is -2.36. The van der Waals surface area contributed by atoms with Crippen molar-refractivity contribution in [1.82, 2.24) is 9.88 Å². The normalized spacial score (nSPS) is 12.1. The molecule has 1 N–H and O–H groups in total. The van der Waals surface area contributed by atoms with E-state index in [1.807, 2.05) is 30.3 Å². The van der Waals surface area contributed by atoms with Crippen molar-refractivity contribution in [2.24, 2.45) is 5.41 Å². The number of halogens is 1. The average molecular weight is 400 g/mol. The molecule has 0 aliphatic heterocycles. The van der Waals surface area contributed by atoms with Crippen LogP contribution >= 0.6 is 11.6 Å². The van der Waals surface area contributed by atoms with Gasteiger partial charge in [-0.2, -0.15) is 0 Å². The molecule has 1 aromatic heterocycles. The van der Waals surface area contributed by atoms with E-state index in [1.165, 1.54) is 6.42 Å². The summed E-state index contributed by atoms with van der Waals surface area (Å²) in [5.41, 5.74) is 3.03. The molecule has 0 saturated heterocycles. The van der Waals surface area contributed by atoms with Gasteiger partial charge < -0.3 is 15.0 Å². The van der Waals surface area contributed by atoms with Crippen molar-refractivity contribution in [2.75, 3.05) is 39.1 Å². The molecule has 0 radical (unpaired) electrons. The van der Waals surface area contributed by atoms with E-state index in [0.717, 1.165) is 52.9 Å². The molecule has 0 aliphatic rings. The quantitative estimate of drug-likeness (QED) is 0.483. The fourth-order valence-corrected chi connectivity index (χ4v) is 3.96. The van der Waals surface area contributed by atoms with Gasteiger partial charge in [0, 0.05) is 28.9 Å². The number of anilines is 1. The van der Waals surface area contributed by atoms with Crippen molar-refractivity contribution in [1.29, 1.82) is 0 Å². The molecule has 5 heteroatoms. The van der Waals surface area contributed by atoms with E-state index in [2.05, 4.69) is 44.1 Å². The van der Waals surface area contributed by atoms with E-state index >= 15 is 0 Å². The standard InChI is InChI=1S/C23H30ClN3O/c1-6-11-27(4)15-23(2,3)14-25-22-18-9-7-16(24)12-21(18)26-20-10-8-17(28-5)13-19(20)22/h7-10,12-13H,6,11,14-15H2,1-5H3,(H,25,26). The number of hydrogen-bond acceptors (Lipinski definition) is 4. The van der Waals surface area contributed by atoms with Gasteiger partial charge in [0.25, 0.3) is 0 Å². The molecule has 0 spiro atoms. The highest BCUT2D eigenvalue weighted by Gasteiger charge is 2.21. The van der Waals surface area contributed by atoms with Crippen LogP contribution in [0, 0.1) is 5.41 Å². The molecule has 1 heterocycles. The molecule has 0 atom stereocenters. The van der Waals surface area contributed by atoms with Crippen molar-refractivity contribution < 1.29 is 4.74 Å². The number of nitrogens with zero attached hydrogens (tertiary/aromatic N) is 2. The Balaban J connectivity index is 2.01. The second-order valence-corrected chi connectivity index (χ2v) is 8.72. The van der Waals surface area contributed by atoms with Crippen LogP contribution in [0.3, 0.4) is 0 Å². The number of hydrogen-bond donors (Lipinski definition) is 1. The molecule has 2 aromatic carbocycles. The van der Waals surface area contributed by atoms with Gasteiger partial charge in [0.05, 0.1) is 23.8 Å². The SMILES string of the molecule is CCCN(C)CC(C)(C)CNc1c2ccc(Cl)cc2nc2ccc(OC)cc12. The summed E-state index contributed by atoms with van der Waals surface area (Å²) in [5.74, 6) is 0.826. The van der Waals surface area contributed by atoms with Gasteiger partial charge in [0.15, 0.2) is 0 Å². The second kappa shape index (κ2) is 8.54. The van der Waals surface area contributed by atoms with E-state index in [-0.39, 0.29) is 5.41 Å². The van der Waals surface area contributed by atoms with Gasteiger partial charge in [-0.1, -0.05) is 32.4 Å². The van der Waals surface area contributed by atoms with Crippen molar-refractivity contribution in [3.8, 4) is 5.75 Å². The summed E-state index contributed by atoms with van der Waals surface area (Å²) in [6.45, 7) is 9.82. The zero-order valence-electron chi connectivity index (χ0n) is 17.5. The van der Waals surface area contributed by atoms with Gasteiger partial charge in [-0.3, -0.25) is 0 Å². The summed E-state index contributed by atoms with van der Waals surface area (Å²) in [4.78, 5) is 7.20.